The molecule has 0 aliphatic heterocycles. The van der Waals surface area contributed by atoms with Crippen molar-refractivity contribution < 1.29 is 28.5 Å². The molecular formula is C9H19NO2V. The summed E-state index contributed by atoms with van der Waals surface area (Å²) in [6, 6.07) is 0. The molecule has 1 amide bonds. The average molecular weight is 224 g/mol. The summed E-state index contributed by atoms with van der Waals surface area (Å²) >= 11 is 0. The number of nitrogens with one attached hydrogen (secondary N) is 1. The van der Waals surface area contributed by atoms with Gasteiger partial charge in [0.25, 0.3) is 0 Å². The molecule has 0 aromatic carbocycles. The van der Waals surface area contributed by atoms with Gasteiger partial charge in [-0.15, -0.1) is 0 Å². The van der Waals surface area contributed by atoms with Gasteiger partial charge in [-0.3, -0.25) is 4.79 Å². The zero-order valence-corrected chi connectivity index (χ0v) is 9.65. The standard InChI is InChI=1S/C9H19NO2.V/c1-2-9(12)10-7-5-3-4-6-8-11;/h11H,2-8H2,1H3,(H,10,12);. The van der Waals surface area contributed by atoms with Crippen molar-refractivity contribution in [2.45, 2.75) is 39.0 Å². The van der Waals surface area contributed by atoms with Crippen molar-refractivity contribution in [2.75, 3.05) is 13.2 Å². The number of rotatable bonds is 7. The topological polar surface area (TPSA) is 49.3 Å². The molecule has 0 rings (SSSR count). The summed E-state index contributed by atoms with van der Waals surface area (Å²) in [5.74, 6) is 0.122. The van der Waals surface area contributed by atoms with E-state index in [2.05, 4.69) is 5.32 Å². The van der Waals surface area contributed by atoms with Gasteiger partial charge in [0, 0.05) is 38.1 Å². The summed E-state index contributed by atoms with van der Waals surface area (Å²) in [4.78, 5) is 10.7. The molecular weight excluding hydrogens is 205 g/mol. The monoisotopic (exact) mass is 224 g/mol. The second-order valence-corrected chi connectivity index (χ2v) is 2.84. The number of hydrogen-bond donors (Lipinski definition) is 2. The second kappa shape index (κ2) is 12.0. The summed E-state index contributed by atoms with van der Waals surface area (Å²) in [5, 5.41) is 11.3. The van der Waals surface area contributed by atoms with Crippen LogP contribution in [-0.2, 0) is 23.4 Å². The molecule has 0 heterocycles. The molecule has 2 N–H and O–H groups in total. The number of amides is 1. The first kappa shape index (κ1) is 15.5. The molecule has 13 heavy (non-hydrogen) atoms. The SMILES string of the molecule is CCC(=O)NCCCCCCO.[V]. The molecule has 0 unspecified atom stereocenters. The van der Waals surface area contributed by atoms with Crippen LogP contribution in [0.1, 0.15) is 39.0 Å². The fraction of sp³-hybridized carbons (Fsp3) is 0.889. The zero-order chi connectivity index (χ0) is 9.23. The van der Waals surface area contributed by atoms with Gasteiger partial charge >= 0.3 is 0 Å². The minimum Gasteiger partial charge on any atom is -0.396 e. The normalized spacial score (nSPS) is 9.08. The van der Waals surface area contributed by atoms with E-state index in [1.54, 1.807) is 0 Å². The molecule has 1 radical (unpaired) electrons. The van der Waals surface area contributed by atoms with Gasteiger partial charge in [0.05, 0.1) is 0 Å². The first-order chi connectivity index (χ1) is 5.81. The van der Waals surface area contributed by atoms with Gasteiger partial charge in [-0.1, -0.05) is 19.8 Å². The van der Waals surface area contributed by atoms with Crippen LogP contribution in [0.15, 0.2) is 0 Å². The second-order valence-electron chi connectivity index (χ2n) is 2.84. The summed E-state index contributed by atoms with van der Waals surface area (Å²) in [7, 11) is 0. The van der Waals surface area contributed by atoms with E-state index >= 15 is 0 Å². The van der Waals surface area contributed by atoms with E-state index in [0.29, 0.717) is 6.42 Å². The molecule has 0 aromatic heterocycles. The van der Waals surface area contributed by atoms with Gasteiger partial charge in [0.1, 0.15) is 0 Å². The maximum atomic E-state index is 10.7. The average Bonchev–Trinajstić information content (AvgIpc) is 2.10. The van der Waals surface area contributed by atoms with Gasteiger partial charge in [0.2, 0.25) is 5.91 Å². The summed E-state index contributed by atoms with van der Waals surface area (Å²) in [6.45, 7) is 2.90. The van der Waals surface area contributed by atoms with Crippen molar-refractivity contribution in [3.63, 3.8) is 0 Å². The van der Waals surface area contributed by atoms with Gasteiger partial charge in [-0.2, -0.15) is 0 Å². The summed E-state index contributed by atoms with van der Waals surface area (Å²) < 4.78 is 0. The van der Waals surface area contributed by atoms with Crippen LogP contribution in [0.2, 0.25) is 0 Å². The predicted octanol–water partition coefficient (Wildman–Crippen LogP) is 1.06. The quantitative estimate of drug-likeness (QED) is 0.635. The maximum Gasteiger partial charge on any atom is 0.219 e. The molecule has 0 aliphatic carbocycles. The van der Waals surface area contributed by atoms with Gasteiger partial charge < -0.3 is 10.4 Å². The molecule has 0 aromatic rings. The van der Waals surface area contributed by atoms with Crippen molar-refractivity contribution in [1.82, 2.24) is 5.32 Å². The Labute approximate surface area is 92.2 Å². The minimum absolute atomic E-state index is 0. The third-order valence-electron chi connectivity index (χ3n) is 1.73. The Morgan fingerprint density at radius 3 is 2.38 bits per heavy atom. The smallest absolute Gasteiger partial charge is 0.219 e. The Kier molecular flexibility index (Phi) is 14.3. The van der Waals surface area contributed by atoms with E-state index in [4.69, 9.17) is 5.11 Å². The summed E-state index contributed by atoms with van der Waals surface area (Å²) in [5.41, 5.74) is 0. The van der Waals surface area contributed by atoms with Crippen molar-refractivity contribution in [2.24, 2.45) is 0 Å². The van der Waals surface area contributed by atoms with E-state index in [1.807, 2.05) is 6.92 Å². The van der Waals surface area contributed by atoms with Crippen LogP contribution in [-0.4, -0.2) is 24.2 Å². The van der Waals surface area contributed by atoms with Gasteiger partial charge in [-0.05, 0) is 12.8 Å². The molecule has 0 saturated carbocycles. The molecule has 0 bridgehead atoms. The molecule has 0 saturated heterocycles. The Hall–Kier alpha value is 0.0144. The molecule has 4 heteroatoms. The van der Waals surface area contributed by atoms with E-state index in [0.717, 1.165) is 32.2 Å². The van der Waals surface area contributed by atoms with Crippen LogP contribution in [0.25, 0.3) is 0 Å². The summed E-state index contributed by atoms with van der Waals surface area (Å²) in [6.07, 6.45) is 4.60. The number of carbonyl (C=O) groups is 1. The number of aliphatic hydroxyl groups excluding tert-OH is 1. The van der Waals surface area contributed by atoms with Crippen molar-refractivity contribution in [1.29, 1.82) is 0 Å². The molecule has 0 spiro atoms. The Morgan fingerprint density at radius 2 is 1.85 bits per heavy atom. The number of unbranched alkanes of at least 4 members (excludes halogenated alkanes) is 3. The fourth-order valence-electron chi connectivity index (χ4n) is 0.943. The molecule has 0 fully saturated rings. The number of hydrogen-bond acceptors (Lipinski definition) is 2. The Balaban J connectivity index is 0. The third-order valence-corrected chi connectivity index (χ3v) is 1.73. The number of aliphatic hydroxyl groups is 1. The molecule has 77 valence electrons. The third kappa shape index (κ3) is 12.0. The number of carbonyl (C=O) groups excluding carboxylic acids is 1. The molecule has 0 atom stereocenters. The first-order valence-corrected chi connectivity index (χ1v) is 4.68. The van der Waals surface area contributed by atoms with Gasteiger partial charge in [0.15, 0.2) is 0 Å². The predicted molar refractivity (Wildman–Crippen MR) is 48.9 cm³/mol. The Morgan fingerprint density at radius 1 is 1.23 bits per heavy atom. The minimum atomic E-state index is 0. The van der Waals surface area contributed by atoms with Crippen LogP contribution in [0.5, 0.6) is 0 Å². The molecule has 0 aliphatic rings. The zero-order valence-electron chi connectivity index (χ0n) is 8.25. The van der Waals surface area contributed by atoms with Gasteiger partial charge in [-0.25, -0.2) is 0 Å². The Bertz CT molecular complexity index is 120. The van der Waals surface area contributed by atoms with E-state index in [9.17, 15) is 4.79 Å². The van der Waals surface area contributed by atoms with Crippen LogP contribution >= 0.6 is 0 Å². The van der Waals surface area contributed by atoms with E-state index in [1.165, 1.54) is 0 Å². The van der Waals surface area contributed by atoms with Crippen molar-refractivity contribution in [3.8, 4) is 0 Å². The largest absolute Gasteiger partial charge is 0.396 e. The first-order valence-electron chi connectivity index (χ1n) is 4.68. The van der Waals surface area contributed by atoms with Crippen LogP contribution in [0, 0.1) is 0 Å². The van der Waals surface area contributed by atoms with Crippen LogP contribution < -0.4 is 5.32 Å². The maximum absolute atomic E-state index is 10.7. The fourth-order valence-corrected chi connectivity index (χ4v) is 0.943. The molecule has 3 nitrogen and oxygen atoms in total. The van der Waals surface area contributed by atoms with E-state index < -0.39 is 0 Å². The van der Waals surface area contributed by atoms with E-state index in [-0.39, 0.29) is 31.1 Å². The van der Waals surface area contributed by atoms with Crippen molar-refractivity contribution in [3.05, 3.63) is 0 Å². The van der Waals surface area contributed by atoms with Crippen molar-refractivity contribution >= 4 is 5.91 Å². The van der Waals surface area contributed by atoms with Crippen LogP contribution in [0.3, 0.4) is 0 Å². The van der Waals surface area contributed by atoms with Crippen LogP contribution in [0.4, 0.5) is 0 Å².